The van der Waals surface area contributed by atoms with Crippen LogP contribution in [-0.4, -0.2) is 20.2 Å². The van der Waals surface area contributed by atoms with Gasteiger partial charge in [-0.2, -0.15) is 0 Å². The quantitative estimate of drug-likeness (QED) is 0.429. The lowest BCUT2D eigenvalue weighted by Gasteiger charge is -2.04. The Labute approximate surface area is 110 Å². The van der Waals surface area contributed by atoms with Gasteiger partial charge in [-0.05, 0) is 31.7 Å². The van der Waals surface area contributed by atoms with Crippen molar-refractivity contribution in [2.45, 2.75) is 6.42 Å². The number of benzene rings is 1. The predicted molar refractivity (Wildman–Crippen MR) is 78.3 cm³/mol. The van der Waals surface area contributed by atoms with Gasteiger partial charge >= 0.3 is 0 Å². The Hall–Kier alpha value is -1.80. The summed E-state index contributed by atoms with van der Waals surface area (Å²) in [6.07, 6.45) is 8.83. The van der Waals surface area contributed by atoms with E-state index in [4.69, 9.17) is 4.74 Å². The Morgan fingerprint density at radius 3 is 2.78 bits per heavy atom. The summed E-state index contributed by atoms with van der Waals surface area (Å²) in [5, 5.41) is 3.07. The van der Waals surface area contributed by atoms with Crippen LogP contribution in [0, 0.1) is 0 Å². The van der Waals surface area contributed by atoms with Gasteiger partial charge < -0.3 is 10.1 Å². The van der Waals surface area contributed by atoms with Crippen LogP contribution in [0.4, 0.5) is 0 Å². The molecular weight excluding hydrogens is 222 g/mol. The number of rotatable bonds is 8. The number of ether oxygens (including phenoxy) is 1. The molecule has 0 bridgehead atoms. The van der Waals surface area contributed by atoms with Crippen molar-refractivity contribution in [3.63, 3.8) is 0 Å². The summed E-state index contributed by atoms with van der Waals surface area (Å²) in [7, 11) is 1.93. The Bertz CT molecular complexity index is 393. The van der Waals surface area contributed by atoms with Crippen LogP contribution in [0.15, 0.2) is 60.9 Å². The molecule has 0 aromatic heterocycles. The first-order valence-electron chi connectivity index (χ1n) is 6.19. The topological polar surface area (TPSA) is 21.3 Å². The van der Waals surface area contributed by atoms with E-state index in [1.807, 2.05) is 49.6 Å². The van der Waals surface area contributed by atoms with Crippen molar-refractivity contribution in [3.05, 3.63) is 66.5 Å². The van der Waals surface area contributed by atoms with Crippen LogP contribution in [0.5, 0.6) is 0 Å². The van der Waals surface area contributed by atoms with Crippen LogP contribution in [-0.2, 0) is 4.74 Å². The van der Waals surface area contributed by atoms with Crippen LogP contribution in [0.1, 0.15) is 12.0 Å². The van der Waals surface area contributed by atoms with E-state index in [-0.39, 0.29) is 0 Å². The van der Waals surface area contributed by atoms with Gasteiger partial charge in [-0.15, -0.1) is 0 Å². The largest absolute Gasteiger partial charge is 0.494 e. The van der Waals surface area contributed by atoms with E-state index in [2.05, 4.69) is 24.0 Å². The zero-order chi connectivity index (χ0) is 13.1. The summed E-state index contributed by atoms with van der Waals surface area (Å²) in [6, 6.07) is 10.2. The maximum absolute atomic E-state index is 5.44. The van der Waals surface area contributed by atoms with Gasteiger partial charge in [0.2, 0.25) is 0 Å². The second-order valence-corrected chi connectivity index (χ2v) is 3.90. The molecule has 1 rings (SSSR count). The smallest absolute Gasteiger partial charge is 0.112 e. The second-order valence-electron chi connectivity index (χ2n) is 3.90. The van der Waals surface area contributed by atoms with E-state index >= 15 is 0 Å². The third-order valence-electron chi connectivity index (χ3n) is 2.34. The molecule has 0 unspecified atom stereocenters. The molecule has 1 aromatic rings. The Balaban J connectivity index is 2.23. The SMILES string of the molecule is C=C(/C=C/C=C/c1ccccc1)OCCCNC. The van der Waals surface area contributed by atoms with Crippen molar-refractivity contribution in [1.29, 1.82) is 0 Å². The van der Waals surface area contributed by atoms with Crippen LogP contribution in [0.3, 0.4) is 0 Å². The maximum Gasteiger partial charge on any atom is 0.112 e. The van der Waals surface area contributed by atoms with Gasteiger partial charge in [0, 0.05) is 0 Å². The Kier molecular flexibility index (Phi) is 7.33. The highest BCUT2D eigenvalue weighted by Gasteiger charge is 1.88. The second kappa shape index (κ2) is 9.25. The van der Waals surface area contributed by atoms with Gasteiger partial charge in [0.25, 0.3) is 0 Å². The molecule has 0 heterocycles. The number of allylic oxidation sites excluding steroid dienone is 3. The molecule has 0 spiro atoms. The summed E-state index contributed by atoms with van der Waals surface area (Å²) >= 11 is 0. The third-order valence-corrected chi connectivity index (χ3v) is 2.34. The molecule has 2 nitrogen and oxygen atoms in total. The first-order chi connectivity index (χ1) is 8.83. The van der Waals surface area contributed by atoms with E-state index in [1.165, 1.54) is 5.56 Å². The van der Waals surface area contributed by atoms with Crippen molar-refractivity contribution in [2.75, 3.05) is 20.2 Å². The van der Waals surface area contributed by atoms with Gasteiger partial charge in [-0.1, -0.05) is 55.1 Å². The van der Waals surface area contributed by atoms with E-state index in [1.54, 1.807) is 0 Å². The molecule has 18 heavy (non-hydrogen) atoms. The van der Waals surface area contributed by atoms with Gasteiger partial charge in [-0.3, -0.25) is 0 Å². The molecule has 0 saturated carbocycles. The average molecular weight is 243 g/mol. The molecule has 0 amide bonds. The van der Waals surface area contributed by atoms with Crippen LogP contribution in [0.25, 0.3) is 6.08 Å². The zero-order valence-corrected chi connectivity index (χ0v) is 10.9. The molecular formula is C16H21NO. The molecule has 2 heteroatoms. The minimum atomic E-state index is 0.698. The lowest BCUT2D eigenvalue weighted by molar-refractivity contribution is 0.221. The lowest BCUT2D eigenvalue weighted by Crippen LogP contribution is -2.09. The Morgan fingerprint density at radius 2 is 2.06 bits per heavy atom. The number of hydrogen-bond acceptors (Lipinski definition) is 2. The van der Waals surface area contributed by atoms with Crippen LogP contribution < -0.4 is 5.32 Å². The molecule has 0 aliphatic carbocycles. The van der Waals surface area contributed by atoms with E-state index < -0.39 is 0 Å². The average Bonchev–Trinajstić information content (AvgIpc) is 2.41. The summed E-state index contributed by atoms with van der Waals surface area (Å²) in [6.45, 7) is 5.50. The summed E-state index contributed by atoms with van der Waals surface area (Å²) in [5.41, 5.74) is 1.18. The monoisotopic (exact) mass is 243 g/mol. The molecule has 1 N–H and O–H groups in total. The molecule has 0 saturated heterocycles. The summed E-state index contributed by atoms with van der Waals surface area (Å²) in [4.78, 5) is 0. The van der Waals surface area contributed by atoms with Crippen molar-refractivity contribution in [2.24, 2.45) is 0 Å². The number of nitrogens with one attached hydrogen (secondary N) is 1. The van der Waals surface area contributed by atoms with Gasteiger partial charge in [0.05, 0.1) is 6.61 Å². The van der Waals surface area contributed by atoms with Crippen molar-refractivity contribution in [1.82, 2.24) is 5.32 Å². The standard InChI is InChI=1S/C16H21NO/c1-15(18-14-8-13-17-2)9-6-7-12-16-10-4-3-5-11-16/h3-7,9-12,17H,1,8,13-14H2,2H3/b9-6+,12-7+. The minimum absolute atomic E-state index is 0.698. The van der Waals surface area contributed by atoms with Crippen molar-refractivity contribution < 1.29 is 4.74 Å². The zero-order valence-electron chi connectivity index (χ0n) is 10.9. The highest BCUT2D eigenvalue weighted by Crippen LogP contribution is 2.02. The number of hydrogen-bond donors (Lipinski definition) is 1. The molecule has 0 aliphatic rings. The van der Waals surface area contributed by atoms with Gasteiger partial charge in [0.1, 0.15) is 5.76 Å². The normalized spacial score (nSPS) is 11.2. The maximum atomic E-state index is 5.44. The van der Waals surface area contributed by atoms with E-state index in [0.717, 1.165) is 13.0 Å². The first kappa shape index (κ1) is 14.3. The highest BCUT2D eigenvalue weighted by molar-refractivity contribution is 5.50. The van der Waals surface area contributed by atoms with Gasteiger partial charge in [0.15, 0.2) is 0 Å². The molecule has 0 atom stereocenters. The van der Waals surface area contributed by atoms with Crippen molar-refractivity contribution in [3.8, 4) is 0 Å². The fourth-order valence-electron chi connectivity index (χ4n) is 1.39. The molecule has 0 radical (unpaired) electrons. The predicted octanol–water partition coefficient (Wildman–Crippen LogP) is 3.40. The lowest BCUT2D eigenvalue weighted by atomic mass is 10.2. The van der Waals surface area contributed by atoms with E-state index in [9.17, 15) is 0 Å². The van der Waals surface area contributed by atoms with Crippen LogP contribution in [0.2, 0.25) is 0 Å². The molecule has 0 aliphatic heterocycles. The molecule has 96 valence electrons. The van der Waals surface area contributed by atoms with Crippen molar-refractivity contribution >= 4 is 6.08 Å². The first-order valence-corrected chi connectivity index (χ1v) is 6.19. The third kappa shape index (κ3) is 6.71. The Morgan fingerprint density at radius 1 is 1.28 bits per heavy atom. The molecule has 1 aromatic carbocycles. The minimum Gasteiger partial charge on any atom is -0.494 e. The van der Waals surface area contributed by atoms with Gasteiger partial charge in [-0.25, -0.2) is 0 Å². The fourth-order valence-corrected chi connectivity index (χ4v) is 1.39. The summed E-state index contributed by atoms with van der Waals surface area (Å²) < 4.78 is 5.44. The molecule has 0 fully saturated rings. The highest BCUT2D eigenvalue weighted by atomic mass is 16.5. The van der Waals surface area contributed by atoms with E-state index in [0.29, 0.717) is 12.4 Å². The fraction of sp³-hybridized carbons (Fsp3) is 0.250. The summed E-state index contributed by atoms with van der Waals surface area (Å²) in [5.74, 6) is 0.698. The van der Waals surface area contributed by atoms with Crippen LogP contribution >= 0.6 is 0 Å².